The van der Waals surface area contributed by atoms with Crippen molar-refractivity contribution in [2.45, 2.75) is 45.0 Å². The van der Waals surface area contributed by atoms with E-state index in [1.807, 2.05) is 0 Å². The van der Waals surface area contributed by atoms with Gasteiger partial charge in [-0.15, -0.1) is 11.6 Å². The lowest BCUT2D eigenvalue weighted by Crippen LogP contribution is -2.28. The van der Waals surface area contributed by atoms with Crippen LogP contribution in [0, 0.1) is 5.92 Å². The standard InChI is InChI=1S/C15H21BrClN/c1-11(2)7-8-18(14-5-6-14)15-9-13(16)4-3-12(15)10-17/h3-4,9,11,14H,5-8,10H2,1-2H3. The fraction of sp³-hybridized carbons (Fsp3) is 0.600. The summed E-state index contributed by atoms with van der Waals surface area (Å²) < 4.78 is 1.14. The van der Waals surface area contributed by atoms with Crippen molar-refractivity contribution >= 4 is 33.2 Å². The number of benzene rings is 1. The van der Waals surface area contributed by atoms with Crippen LogP contribution in [0.5, 0.6) is 0 Å². The van der Waals surface area contributed by atoms with Crippen LogP contribution in [0.2, 0.25) is 0 Å². The first kappa shape index (κ1) is 14.2. The van der Waals surface area contributed by atoms with Gasteiger partial charge in [-0.25, -0.2) is 0 Å². The quantitative estimate of drug-likeness (QED) is 0.648. The number of nitrogens with zero attached hydrogens (tertiary/aromatic N) is 1. The van der Waals surface area contributed by atoms with Crippen LogP contribution >= 0.6 is 27.5 Å². The van der Waals surface area contributed by atoms with Crippen molar-refractivity contribution in [3.05, 3.63) is 28.2 Å². The molecule has 0 aromatic heterocycles. The highest BCUT2D eigenvalue weighted by Crippen LogP contribution is 2.36. The van der Waals surface area contributed by atoms with Crippen molar-refractivity contribution < 1.29 is 0 Å². The van der Waals surface area contributed by atoms with Gasteiger partial charge in [0, 0.05) is 28.6 Å². The zero-order chi connectivity index (χ0) is 13.1. The summed E-state index contributed by atoms with van der Waals surface area (Å²) in [6, 6.07) is 7.17. The monoisotopic (exact) mass is 329 g/mol. The Morgan fingerprint density at radius 1 is 1.39 bits per heavy atom. The Balaban J connectivity index is 2.21. The van der Waals surface area contributed by atoms with Gasteiger partial charge in [0.05, 0.1) is 0 Å². The van der Waals surface area contributed by atoms with Crippen LogP contribution in [0.4, 0.5) is 5.69 Å². The van der Waals surface area contributed by atoms with Crippen molar-refractivity contribution in [2.75, 3.05) is 11.4 Å². The molecule has 1 aliphatic rings. The number of alkyl halides is 1. The molecule has 1 aliphatic carbocycles. The first-order valence-electron chi connectivity index (χ1n) is 6.73. The van der Waals surface area contributed by atoms with Gasteiger partial charge in [0.2, 0.25) is 0 Å². The molecule has 0 heterocycles. The molecule has 1 aromatic rings. The molecule has 0 unspecified atom stereocenters. The lowest BCUT2D eigenvalue weighted by Gasteiger charge is -2.28. The lowest BCUT2D eigenvalue weighted by molar-refractivity contribution is 0.570. The molecule has 18 heavy (non-hydrogen) atoms. The Morgan fingerprint density at radius 3 is 2.67 bits per heavy atom. The first-order valence-corrected chi connectivity index (χ1v) is 8.05. The number of hydrogen-bond acceptors (Lipinski definition) is 1. The van der Waals surface area contributed by atoms with Gasteiger partial charge >= 0.3 is 0 Å². The number of rotatable bonds is 6. The summed E-state index contributed by atoms with van der Waals surface area (Å²) in [5.74, 6) is 1.34. The van der Waals surface area contributed by atoms with Crippen molar-refractivity contribution in [1.29, 1.82) is 0 Å². The van der Waals surface area contributed by atoms with Gasteiger partial charge in [0.15, 0.2) is 0 Å². The highest BCUT2D eigenvalue weighted by molar-refractivity contribution is 9.10. The third kappa shape index (κ3) is 3.64. The highest BCUT2D eigenvalue weighted by Gasteiger charge is 2.30. The van der Waals surface area contributed by atoms with E-state index in [9.17, 15) is 0 Å². The van der Waals surface area contributed by atoms with Gasteiger partial charge in [-0.05, 0) is 42.9 Å². The van der Waals surface area contributed by atoms with E-state index in [0.29, 0.717) is 5.88 Å². The first-order chi connectivity index (χ1) is 8.61. The molecule has 1 aromatic carbocycles. The molecule has 0 aliphatic heterocycles. The van der Waals surface area contributed by atoms with E-state index in [2.05, 4.69) is 52.9 Å². The van der Waals surface area contributed by atoms with E-state index in [4.69, 9.17) is 11.6 Å². The maximum Gasteiger partial charge on any atom is 0.0494 e. The van der Waals surface area contributed by atoms with Crippen LogP contribution in [-0.4, -0.2) is 12.6 Å². The van der Waals surface area contributed by atoms with E-state index >= 15 is 0 Å². The molecule has 0 bridgehead atoms. The summed E-state index contributed by atoms with van der Waals surface area (Å²) in [6.45, 7) is 5.71. The van der Waals surface area contributed by atoms with Crippen LogP contribution in [0.25, 0.3) is 0 Å². The molecule has 0 saturated heterocycles. The topological polar surface area (TPSA) is 3.24 Å². The molecule has 0 radical (unpaired) electrons. The van der Waals surface area contributed by atoms with E-state index in [0.717, 1.165) is 23.0 Å². The maximum atomic E-state index is 6.07. The minimum absolute atomic E-state index is 0.591. The maximum absolute atomic E-state index is 6.07. The highest BCUT2D eigenvalue weighted by atomic mass is 79.9. The zero-order valence-corrected chi connectivity index (χ0v) is 13.5. The Kier molecular flexibility index (Phi) is 4.97. The van der Waals surface area contributed by atoms with Crippen molar-refractivity contribution in [3.8, 4) is 0 Å². The Labute approximate surface area is 124 Å². The van der Waals surface area contributed by atoms with E-state index in [-0.39, 0.29) is 0 Å². The molecule has 2 rings (SSSR count). The Morgan fingerprint density at radius 2 is 2.11 bits per heavy atom. The average Bonchev–Trinajstić information content (AvgIpc) is 3.14. The third-order valence-corrected chi connectivity index (χ3v) is 4.22. The summed E-state index contributed by atoms with van der Waals surface area (Å²) in [5.41, 5.74) is 2.57. The van der Waals surface area contributed by atoms with Gasteiger partial charge in [-0.2, -0.15) is 0 Å². The molecule has 1 saturated carbocycles. The SMILES string of the molecule is CC(C)CCN(c1cc(Br)ccc1CCl)C1CC1. The van der Waals surface area contributed by atoms with Crippen molar-refractivity contribution in [3.63, 3.8) is 0 Å². The molecule has 0 amide bonds. The second kappa shape index (κ2) is 6.29. The summed E-state index contributed by atoms with van der Waals surface area (Å²) in [6.07, 6.45) is 3.89. The fourth-order valence-electron chi connectivity index (χ4n) is 2.20. The Bertz CT molecular complexity index is 401. The predicted octanol–water partition coefficient (Wildman–Crippen LogP) is 5.20. The number of anilines is 1. The molecule has 3 heteroatoms. The fourth-order valence-corrected chi connectivity index (χ4v) is 2.78. The Hall–Kier alpha value is -0.210. The normalized spacial score (nSPS) is 15.2. The third-order valence-electron chi connectivity index (χ3n) is 3.44. The van der Waals surface area contributed by atoms with Gasteiger partial charge in [0.1, 0.15) is 0 Å². The molecular formula is C15H21BrClN. The van der Waals surface area contributed by atoms with Crippen LogP contribution < -0.4 is 4.90 Å². The lowest BCUT2D eigenvalue weighted by atomic mass is 10.1. The molecule has 100 valence electrons. The molecule has 0 N–H and O–H groups in total. The minimum Gasteiger partial charge on any atom is -0.368 e. The van der Waals surface area contributed by atoms with Crippen molar-refractivity contribution in [1.82, 2.24) is 0 Å². The second-order valence-electron chi connectivity index (χ2n) is 5.51. The summed E-state index contributed by atoms with van der Waals surface area (Å²) in [5, 5.41) is 0. The largest absolute Gasteiger partial charge is 0.368 e. The molecule has 0 spiro atoms. The number of hydrogen-bond donors (Lipinski definition) is 0. The molecular weight excluding hydrogens is 310 g/mol. The van der Waals surface area contributed by atoms with Gasteiger partial charge < -0.3 is 4.90 Å². The van der Waals surface area contributed by atoms with Gasteiger partial charge in [-0.3, -0.25) is 0 Å². The summed E-state index contributed by atoms with van der Waals surface area (Å²) in [7, 11) is 0. The number of halogens is 2. The zero-order valence-electron chi connectivity index (χ0n) is 11.1. The molecule has 1 fully saturated rings. The average molecular weight is 331 g/mol. The predicted molar refractivity (Wildman–Crippen MR) is 83.5 cm³/mol. The van der Waals surface area contributed by atoms with E-state index in [1.54, 1.807) is 0 Å². The summed E-state index contributed by atoms with van der Waals surface area (Å²) in [4.78, 5) is 2.56. The smallest absolute Gasteiger partial charge is 0.0494 e. The van der Waals surface area contributed by atoms with Gasteiger partial charge in [0.25, 0.3) is 0 Å². The minimum atomic E-state index is 0.591. The molecule has 1 nitrogen and oxygen atoms in total. The molecule has 0 atom stereocenters. The van der Waals surface area contributed by atoms with E-state index < -0.39 is 0 Å². The van der Waals surface area contributed by atoms with Crippen LogP contribution in [0.1, 0.15) is 38.7 Å². The summed E-state index contributed by atoms with van der Waals surface area (Å²) >= 11 is 9.65. The second-order valence-corrected chi connectivity index (χ2v) is 6.70. The van der Waals surface area contributed by atoms with Crippen LogP contribution in [0.15, 0.2) is 22.7 Å². The van der Waals surface area contributed by atoms with Crippen LogP contribution in [0.3, 0.4) is 0 Å². The van der Waals surface area contributed by atoms with Gasteiger partial charge in [-0.1, -0.05) is 35.8 Å². The van der Waals surface area contributed by atoms with Crippen molar-refractivity contribution in [2.24, 2.45) is 5.92 Å². The van der Waals surface area contributed by atoms with Crippen LogP contribution in [-0.2, 0) is 5.88 Å². The van der Waals surface area contributed by atoms with E-state index in [1.165, 1.54) is 30.5 Å².